The van der Waals surface area contributed by atoms with Gasteiger partial charge in [0.1, 0.15) is 5.75 Å². The van der Waals surface area contributed by atoms with E-state index in [9.17, 15) is 13.2 Å². The van der Waals surface area contributed by atoms with E-state index in [0.717, 1.165) is 11.1 Å². The number of sulfonamides is 1. The molecular formula is C23H21N3O4S. The summed E-state index contributed by atoms with van der Waals surface area (Å²) in [6, 6.07) is 19.8. The van der Waals surface area contributed by atoms with Crippen LogP contribution in [-0.2, 0) is 14.8 Å². The predicted octanol–water partition coefficient (Wildman–Crippen LogP) is 3.99. The van der Waals surface area contributed by atoms with Crippen molar-refractivity contribution in [1.82, 2.24) is 0 Å². The molecule has 0 heterocycles. The fourth-order valence-corrected chi connectivity index (χ4v) is 4.02. The van der Waals surface area contributed by atoms with Crippen LogP contribution in [-0.4, -0.2) is 20.9 Å². The van der Waals surface area contributed by atoms with Gasteiger partial charge in [-0.25, -0.2) is 8.42 Å². The SMILES string of the molecule is Cc1cc(C)cc(NS(=O)(=O)c2ccc(OCC(=O)Nc3cccc(C#N)c3)cc2)c1. The minimum atomic E-state index is -3.75. The molecule has 0 aromatic heterocycles. The molecule has 1 amide bonds. The lowest BCUT2D eigenvalue weighted by Gasteiger charge is -2.11. The lowest BCUT2D eigenvalue weighted by molar-refractivity contribution is -0.118. The first-order valence-corrected chi connectivity index (χ1v) is 10.9. The number of nitriles is 1. The second-order valence-electron chi connectivity index (χ2n) is 6.98. The molecule has 0 radical (unpaired) electrons. The molecule has 0 spiro atoms. The molecule has 0 fully saturated rings. The third-order valence-electron chi connectivity index (χ3n) is 4.25. The summed E-state index contributed by atoms with van der Waals surface area (Å²) in [5.41, 5.74) is 3.34. The lowest BCUT2D eigenvalue weighted by Crippen LogP contribution is -2.20. The number of aryl methyl sites for hydroxylation is 2. The first-order valence-electron chi connectivity index (χ1n) is 9.39. The minimum Gasteiger partial charge on any atom is -0.484 e. The van der Waals surface area contributed by atoms with Crippen molar-refractivity contribution in [3.8, 4) is 11.8 Å². The molecule has 3 aromatic rings. The Balaban J connectivity index is 1.60. The van der Waals surface area contributed by atoms with Crippen LogP contribution < -0.4 is 14.8 Å². The lowest BCUT2D eigenvalue weighted by atomic mass is 10.1. The smallest absolute Gasteiger partial charge is 0.262 e. The number of nitrogens with one attached hydrogen (secondary N) is 2. The maximum atomic E-state index is 12.6. The second-order valence-corrected chi connectivity index (χ2v) is 8.67. The maximum absolute atomic E-state index is 12.6. The maximum Gasteiger partial charge on any atom is 0.262 e. The van der Waals surface area contributed by atoms with Crippen LogP contribution in [0.2, 0.25) is 0 Å². The molecule has 0 bridgehead atoms. The molecule has 0 saturated heterocycles. The Hall–Kier alpha value is -3.83. The zero-order chi connectivity index (χ0) is 22.4. The van der Waals surface area contributed by atoms with Gasteiger partial charge < -0.3 is 10.1 Å². The van der Waals surface area contributed by atoms with Crippen molar-refractivity contribution in [2.24, 2.45) is 0 Å². The van der Waals surface area contributed by atoms with Crippen LogP contribution in [0.4, 0.5) is 11.4 Å². The highest BCUT2D eigenvalue weighted by atomic mass is 32.2. The number of carbonyl (C=O) groups excluding carboxylic acids is 1. The van der Waals surface area contributed by atoms with Gasteiger partial charge in [-0.3, -0.25) is 9.52 Å². The number of benzene rings is 3. The first-order chi connectivity index (χ1) is 14.7. The van der Waals surface area contributed by atoms with E-state index in [1.165, 1.54) is 24.3 Å². The van der Waals surface area contributed by atoms with Gasteiger partial charge in [0.15, 0.2) is 6.61 Å². The average Bonchev–Trinajstić information content (AvgIpc) is 2.71. The molecule has 2 N–H and O–H groups in total. The van der Waals surface area contributed by atoms with E-state index in [1.54, 1.807) is 36.4 Å². The quantitative estimate of drug-likeness (QED) is 0.583. The summed E-state index contributed by atoms with van der Waals surface area (Å²) in [7, 11) is -3.75. The molecule has 158 valence electrons. The Bertz CT molecular complexity index is 1230. The van der Waals surface area contributed by atoms with Crippen LogP contribution in [0.5, 0.6) is 5.75 Å². The number of rotatable bonds is 7. The topological polar surface area (TPSA) is 108 Å². The molecule has 0 atom stereocenters. The van der Waals surface area contributed by atoms with E-state index >= 15 is 0 Å². The van der Waals surface area contributed by atoms with E-state index < -0.39 is 15.9 Å². The molecule has 0 aliphatic carbocycles. The Kier molecular flexibility index (Phi) is 6.58. The van der Waals surface area contributed by atoms with Crippen molar-refractivity contribution in [3.05, 3.63) is 83.4 Å². The van der Waals surface area contributed by atoms with Crippen LogP contribution in [0, 0.1) is 25.2 Å². The largest absolute Gasteiger partial charge is 0.484 e. The van der Waals surface area contributed by atoms with Crippen LogP contribution in [0.15, 0.2) is 71.6 Å². The van der Waals surface area contributed by atoms with E-state index in [0.29, 0.717) is 22.7 Å². The summed E-state index contributed by atoms with van der Waals surface area (Å²) in [5.74, 6) is -0.0467. The van der Waals surface area contributed by atoms with E-state index in [-0.39, 0.29) is 11.5 Å². The van der Waals surface area contributed by atoms with Crippen LogP contribution in [0.1, 0.15) is 16.7 Å². The number of amides is 1. The van der Waals surface area contributed by atoms with Gasteiger partial charge in [-0.2, -0.15) is 5.26 Å². The highest BCUT2D eigenvalue weighted by molar-refractivity contribution is 7.92. The number of hydrogen-bond acceptors (Lipinski definition) is 5. The summed E-state index contributed by atoms with van der Waals surface area (Å²) in [6.07, 6.45) is 0. The normalized spacial score (nSPS) is 10.7. The van der Waals surface area contributed by atoms with Crippen LogP contribution >= 0.6 is 0 Å². The summed E-state index contributed by atoms with van der Waals surface area (Å²) in [6.45, 7) is 3.53. The molecule has 8 heteroatoms. The van der Waals surface area contributed by atoms with Gasteiger partial charge in [-0.05, 0) is 79.6 Å². The van der Waals surface area contributed by atoms with Gasteiger partial charge in [0.05, 0.1) is 16.5 Å². The number of carbonyl (C=O) groups is 1. The zero-order valence-electron chi connectivity index (χ0n) is 17.0. The average molecular weight is 436 g/mol. The summed E-state index contributed by atoms with van der Waals surface area (Å²) in [4.78, 5) is 12.1. The second kappa shape index (κ2) is 9.32. The number of ether oxygens (including phenoxy) is 1. The van der Waals surface area contributed by atoms with Gasteiger partial charge in [-0.15, -0.1) is 0 Å². The Morgan fingerprint density at radius 3 is 2.29 bits per heavy atom. The van der Waals surface area contributed by atoms with E-state index in [4.69, 9.17) is 10.00 Å². The highest BCUT2D eigenvalue weighted by Crippen LogP contribution is 2.21. The van der Waals surface area contributed by atoms with E-state index in [1.807, 2.05) is 26.0 Å². The summed E-state index contributed by atoms with van der Waals surface area (Å²) >= 11 is 0. The fraction of sp³-hybridized carbons (Fsp3) is 0.130. The Morgan fingerprint density at radius 2 is 1.65 bits per heavy atom. The van der Waals surface area contributed by atoms with Crippen molar-refractivity contribution in [3.63, 3.8) is 0 Å². The third kappa shape index (κ3) is 6.07. The van der Waals surface area contributed by atoms with Crippen LogP contribution in [0.3, 0.4) is 0 Å². The van der Waals surface area contributed by atoms with Gasteiger partial charge in [0, 0.05) is 11.4 Å². The van der Waals surface area contributed by atoms with Crippen molar-refractivity contribution >= 4 is 27.3 Å². The van der Waals surface area contributed by atoms with Crippen LogP contribution in [0.25, 0.3) is 0 Å². The minimum absolute atomic E-state index is 0.0804. The number of hydrogen-bond donors (Lipinski definition) is 2. The van der Waals surface area contributed by atoms with Gasteiger partial charge in [0.2, 0.25) is 0 Å². The third-order valence-corrected chi connectivity index (χ3v) is 5.65. The van der Waals surface area contributed by atoms with Gasteiger partial charge in [-0.1, -0.05) is 12.1 Å². The molecule has 7 nitrogen and oxygen atoms in total. The summed E-state index contributed by atoms with van der Waals surface area (Å²) < 4.78 is 33.2. The number of anilines is 2. The van der Waals surface area contributed by atoms with Crippen molar-refractivity contribution in [2.45, 2.75) is 18.7 Å². The number of nitrogens with zero attached hydrogens (tertiary/aromatic N) is 1. The molecule has 0 saturated carbocycles. The molecule has 3 aromatic carbocycles. The molecule has 0 aliphatic rings. The molecule has 0 unspecified atom stereocenters. The van der Waals surface area contributed by atoms with Crippen molar-refractivity contribution in [2.75, 3.05) is 16.6 Å². The fourth-order valence-electron chi connectivity index (χ4n) is 2.98. The zero-order valence-corrected chi connectivity index (χ0v) is 17.9. The molecular weight excluding hydrogens is 414 g/mol. The Morgan fingerprint density at radius 1 is 0.968 bits per heavy atom. The first kappa shape index (κ1) is 21.9. The standard InChI is InChI=1S/C23H21N3O4S/c1-16-10-17(2)12-20(11-16)26-31(28,29)22-8-6-21(7-9-22)30-15-23(27)25-19-5-3-4-18(13-19)14-24/h3-13,26H,15H2,1-2H3,(H,25,27). The Labute approximate surface area is 181 Å². The highest BCUT2D eigenvalue weighted by Gasteiger charge is 2.15. The van der Waals surface area contributed by atoms with Gasteiger partial charge in [0.25, 0.3) is 15.9 Å². The van der Waals surface area contributed by atoms with Gasteiger partial charge >= 0.3 is 0 Å². The molecule has 31 heavy (non-hydrogen) atoms. The molecule has 3 rings (SSSR count). The van der Waals surface area contributed by atoms with E-state index in [2.05, 4.69) is 10.0 Å². The predicted molar refractivity (Wildman–Crippen MR) is 118 cm³/mol. The van der Waals surface area contributed by atoms with Crippen molar-refractivity contribution in [1.29, 1.82) is 5.26 Å². The monoisotopic (exact) mass is 435 g/mol. The summed E-state index contributed by atoms with van der Waals surface area (Å²) in [5, 5.41) is 11.5. The molecule has 0 aliphatic heterocycles. The van der Waals surface area contributed by atoms with Crippen molar-refractivity contribution < 1.29 is 17.9 Å².